The Balaban J connectivity index is 1.97. The van der Waals surface area contributed by atoms with Crippen molar-refractivity contribution >= 4 is 11.9 Å². The molecule has 8 atom stereocenters. The number of aliphatic hydroxyl groups is 2. The second kappa shape index (κ2) is 5.32. The lowest BCUT2D eigenvalue weighted by atomic mass is 9.51. The van der Waals surface area contributed by atoms with E-state index in [4.69, 9.17) is 0 Å². The molecule has 0 saturated heterocycles. The van der Waals surface area contributed by atoms with Crippen LogP contribution in [-0.4, -0.2) is 45.1 Å². The minimum absolute atomic E-state index is 0.0345. The van der Waals surface area contributed by atoms with Crippen molar-refractivity contribution in [2.24, 2.45) is 39.9 Å². The van der Waals surface area contributed by atoms with E-state index < -0.39 is 46.1 Å². The maximum absolute atomic E-state index is 12.5. The van der Waals surface area contributed by atoms with Crippen molar-refractivity contribution in [3.63, 3.8) is 0 Å². The van der Waals surface area contributed by atoms with Crippen molar-refractivity contribution in [3.05, 3.63) is 12.2 Å². The zero-order valence-electron chi connectivity index (χ0n) is 15.1. The normalized spacial score (nSPS) is 52.4. The molecule has 0 aromatic carbocycles. The highest BCUT2D eigenvalue weighted by molar-refractivity contribution is 5.80. The maximum atomic E-state index is 12.5. The van der Waals surface area contributed by atoms with E-state index in [0.29, 0.717) is 18.8 Å². The Morgan fingerprint density at radius 2 is 1.92 bits per heavy atom. The van der Waals surface area contributed by atoms with Crippen LogP contribution in [0.2, 0.25) is 0 Å². The van der Waals surface area contributed by atoms with Crippen LogP contribution < -0.4 is 0 Å². The first-order valence-electron chi connectivity index (χ1n) is 9.58. The monoisotopic (exact) mass is 364 g/mol. The number of carboxylic acid groups (broad SMARTS) is 2. The van der Waals surface area contributed by atoms with E-state index in [-0.39, 0.29) is 18.9 Å². The summed E-state index contributed by atoms with van der Waals surface area (Å²) in [6, 6.07) is 0. The minimum atomic E-state index is -1.57. The third-order valence-corrected chi connectivity index (χ3v) is 8.77. The Morgan fingerprint density at radius 1 is 1.23 bits per heavy atom. The third kappa shape index (κ3) is 1.80. The van der Waals surface area contributed by atoms with Gasteiger partial charge < -0.3 is 20.4 Å². The summed E-state index contributed by atoms with van der Waals surface area (Å²) in [6.45, 7) is 5.44. The van der Waals surface area contributed by atoms with E-state index in [0.717, 1.165) is 24.8 Å². The van der Waals surface area contributed by atoms with Gasteiger partial charge in [0.15, 0.2) is 0 Å². The van der Waals surface area contributed by atoms with E-state index >= 15 is 0 Å². The molecule has 6 heteroatoms. The average molecular weight is 364 g/mol. The highest BCUT2D eigenvalue weighted by Crippen LogP contribution is 2.77. The van der Waals surface area contributed by atoms with Crippen molar-refractivity contribution in [2.45, 2.75) is 51.6 Å². The van der Waals surface area contributed by atoms with Crippen LogP contribution >= 0.6 is 0 Å². The number of hydrogen-bond donors (Lipinski definition) is 4. The first kappa shape index (κ1) is 18.0. The maximum Gasteiger partial charge on any atom is 0.312 e. The summed E-state index contributed by atoms with van der Waals surface area (Å²) in [6.07, 6.45) is 2.70. The lowest BCUT2D eigenvalue weighted by Crippen LogP contribution is -2.59. The second-order valence-electron chi connectivity index (χ2n) is 9.43. The molecule has 26 heavy (non-hydrogen) atoms. The summed E-state index contributed by atoms with van der Waals surface area (Å²) in [5.41, 5.74) is -1.80. The van der Waals surface area contributed by atoms with Crippen LogP contribution in [0.25, 0.3) is 0 Å². The quantitative estimate of drug-likeness (QED) is 0.569. The molecule has 144 valence electrons. The molecule has 4 rings (SSSR count). The van der Waals surface area contributed by atoms with Gasteiger partial charge in [0, 0.05) is 12.0 Å². The minimum Gasteiger partial charge on any atom is -0.481 e. The fourth-order valence-electron chi connectivity index (χ4n) is 7.80. The standard InChI is InChI=1S/C20H28O6/c1-10-7-20-8-11(10)3-4-12(20)19(9-21)6-5-13(22)18(2,17(25)26)15(19)14(20)16(23)24/h11-15,21-22H,1,3-9H2,2H3,(H,23,24)(H,25,26). The summed E-state index contributed by atoms with van der Waals surface area (Å²) in [5.74, 6) is -3.56. The Morgan fingerprint density at radius 3 is 2.50 bits per heavy atom. The molecule has 0 radical (unpaired) electrons. The van der Waals surface area contributed by atoms with Crippen molar-refractivity contribution in [2.75, 3.05) is 6.61 Å². The predicted molar refractivity (Wildman–Crippen MR) is 92.1 cm³/mol. The number of allylic oxidation sites excluding steroid dienone is 1. The number of aliphatic carboxylic acids is 2. The predicted octanol–water partition coefficient (Wildman–Crippen LogP) is 1.90. The van der Waals surface area contributed by atoms with Crippen LogP contribution in [0.3, 0.4) is 0 Å². The van der Waals surface area contributed by atoms with E-state index in [1.165, 1.54) is 6.92 Å². The summed E-state index contributed by atoms with van der Waals surface area (Å²) >= 11 is 0. The van der Waals surface area contributed by atoms with Gasteiger partial charge in [0.1, 0.15) is 0 Å². The molecule has 0 aromatic rings. The number of aliphatic hydroxyl groups excluding tert-OH is 2. The third-order valence-electron chi connectivity index (χ3n) is 8.77. The van der Waals surface area contributed by atoms with Gasteiger partial charge in [0.2, 0.25) is 0 Å². The molecule has 4 aliphatic rings. The number of carbonyl (C=O) groups is 2. The SMILES string of the molecule is C=C1CC23CC1CCC2C1(CO)CCC(O)C(C)(C(=O)O)C1C3C(=O)O. The van der Waals surface area contributed by atoms with Gasteiger partial charge in [0.25, 0.3) is 0 Å². The van der Waals surface area contributed by atoms with E-state index in [1.807, 2.05) is 0 Å². The number of rotatable bonds is 3. The first-order valence-corrected chi connectivity index (χ1v) is 9.58. The lowest BCUT2D eigenvalue weighted by molar-refractivity contribution is -0.187. The molecule has 6 nitrogen and oxygen atoms in total. The topological polar surface area (TPSA) is 115 Å². The number of fused-ring (bicyclic) bond motifs is 3. The van der Waals surface area contributed by atoms with Gasteiger partial charge in [0.05, 0.1) is 17.4 Å². The fraction of sp³-hybridized carbons (Fsp3) is 0.800. The van der Waals surface area contributed by atoms with Gasteiger partial charge >= 0.3 is 11.9 Å². The summed E-state index contributed by atoms with van der Waals surface area (Å²) in [7, 11) is 0. The largest absolute Gasteiger partial charge is 0.481 e. The zero-order valence-corrected chi connectivity index (χ0v) is 15.1. The Hall–Kier alpha value is -1.40. The van der Waals surface area contributed by atoms with Crippen LogP contribution in [0, 0.1) is 39.9 Å². The molecular formula is C20H28O6. The molecule has 1 spiro atoms. The summed E-state index contributed by atoms with van der Waals surface area (Å²) in [5, 5.41) is 41.4. The van der Waals surface area contributed by atoms with Gasteiger partial charge in [-0.2, -0.15) is 0 Å². The first-order chi connectivity index (χ1) is 12.1. The highest BCUT2D eigenvalue weighted by Gasteiger charge is 2.77. The summed E-state index contributed by atoms with van der Waals surface area (Å²) in [4.78, 5) is 24.8. The summed E-state index contributed by atoms with van der Waals surface area (Å²) < 4.78 is 0. The molecular weight excluding hydrogens is 336 g/mol. The van der Waals surface area contributed by atoms with E-state index in [1.54, 1.807) is 0 Å². The Labute approximate surface area is 152 Å². The van der Waals surface area contributed by atoms with Gasteiger partial charge in [-0.05, 0) is 68.6 Å². The Bertz CT molecular complexity index is 688. The van der Waals surface area contributed by atoms with Crippen molar-refractivity contribution in [1.82, 2.24) is 0 Å². The van der Waals surface area contributed by atoms with Crippen LogP contribution in [0.1, 0.15) is 45.4 Å². The van der Waals surface area contributed by atoms with Gasteiger partial charge in [-0.25, -0.2) is 0 Å². The Kier molecular flexibility index (Phi) is 3.68. The molecule has 4 aliphatic carbocycles. The van der Waals surface area contributed by atoms with Crippen molar-refractivity contribution < 1.29 is 30.0 Å². The number of carboxylic acids is 2. The fourth-order valence-corrected chi connectivity index (χ4v) is 7.80. The molecule has 0 aliphatic heterocycles. The molecule has 0 heterocycles. The van der Waals surface area contributed by atoms with Gasteiger partial charge in [-0.15, -0.1) is 0 Å². The molecule has 0 amide bonds. The average Bonchev–Trinajstić information content (AvgIpc) is 2.99. The molecule has 4 saturated carbocycles. The van der Waals surface area contributed by atoms with Crippen LogP contribution in [0.5, 0.6) is 0 Å². The molecule has 4 N–H and O–H groups in total. The van der Waals surface area contributed by atoms with Crippen LogP contribution in [0.4, 0.5) is 0 Å². The van der Waals surface area contributed by atoms with Crippen LogP contribution in [0.15, 0.2) is 12.2 Å². The van der Waals surface area contributed by atoms with Crippen molar-refractivity contribution in [1.29, 1.82) is 0 Å². The van der Waals surface area contributed by atoms with Crippen molar-refractivity contribution in [3.8, 4) is 0 Å². The molecule has 4 fully saturated rings. The van der Waals surface area contributed by atoms with Gasteiger partial charge in [-0.1, -0.05) is 12.2 Å². The highest BCUT2D eigenvalue weighted by atomic mass is 16.4. The second-order valence-corrected chi connectivity index (χ2v) is 9.43. The number of hydrogen-bond acceptors (Lipinski definition) is 4. The lowest BCUT2D eigenvalue weighted by Gasteiger charge is -2.53. The van der Waals surface area contributed by atoms with E-state index in [9.17, 15) is 30.0 Å². The smallest absolute Gasteiger partial charge is 0.312 e. The van der Waals surface area contributed by atoms with Gasteiger partial charge in [-0.3, -0.25) is 9.59 Å². The molecule has 0 aromatic heterocycles. The molecule has 2 bridgehead atoms. The zero-order chi connectivity index (χ0) is 19.1. The molecule has 8 unspecified atom stereocenters. The van der Waals surface area contributed by atoms with Crippen LogP contribution in [-0.2, 0) is 9.59 Å². The van der Waals surface area contributed by atoms with E-state index in [2.05, 4.69) is 6.58 Å².